The largest absolute Gasteiger partial charge is 0.399 e. The number of hydrogen-bond acceptors (Lipinski definition) is 3. The van der Waals surface area contributed by atoms with Gasteiger partial charge in [0.2, 0.25) is 5.95 Å². The standard InChI is InChI=1S/C16H16N4/c17-12-7-8-13-14(10-12)19-16(18-13)20-9-3-5-11-4-1-2-6-15(11)20/h1-2,4,6-8,10H,3,5,9,17H2,(H,18,19). The highest BCUT2D eigenvalue weighted by Crippen LogP contribution is 2.32. The number of aromatic nitrogens is 2. The van der Waals surface area contributed by atoms with Gasteiger partial charge in [-0.15, -0.1) is 0 Å². The number of para-hydroxylation sites is 1. The summed E-state index contributed by atoms with van der Waals surface area (Å²) in [6, 6.07) is 14.3. The maximum atomic E-state index is 5.83. The molecule has 0 radical (unpaired) electrons. The SMILES string of the molecule is Nc1ccc2nc(N3CCCc4ccccc43)[nH]c2c1. The molecule has 100 valence electrons. The maximum absolute atomic E-state index is 5.83. The average Bonchev–Trinajstić information content (AvgIpc) is 2.89. The van der Waals surface area contributed by atoms with Crippen molar-refractivity contribution in [3.05, 3.63) is 48.0 Å². The number of aryl methyl sites for hydroxylation is 1. The van der Waals surface area contributed by atoms with Gasteiger partial charge in [0, 0.05) is 17.9 Å². The summed E-state index contributed by atoms with van der Waals surface area (Å²) in [6.07, 6.45) is 2.29. The van der Waals surface area contributed by atoms with Crippen LogP contribution in [0.1, 0.15) is 12.0 Å². The Morgan fingerprint density at radius 1 is 1.15 bits per heavy atom. The fourth-order valence-corrected chi connectivity index (χ4v) is 2.90. The normalized spacial score (nSPS) is 14.5. The molecule has 0 fully saturated rings. The first-order valence-electron chi connectivity index (χ1n) is 6.92. The lowest BCUT2D eigenvalue weighted by Crippen LogP contribution is -2.25. The van der Waals surface area contributed by atoms with E-state index in [9.17, 15) is 0 Å². The zero-order chi connectivity index (χ0) is 13.5. The molecule has 1 aliphatic rings. The number of nitrogens with two attached hydrogens (primary N) is 1. The third kappa shape index (κ3) is 1.72. The Balaban J connectivity index is 1.84. The number of anilines is 3. The van der Waals surface area contributed by atoms with Crippen molar-refractivity contribution in [3.63, 3.8) is 0 Å². The van der Waals surface area contributed by atoms with Crippen molar-refractivity contribution in [1.82, 2.24) is 9.97 Å². The molecule has 2 heterocycles. The van der Waals surface area contributed by atoms with Gasteiger partial charge in [-0.2, -0.15) is 0 Å². The minimum Gasteiger partial charge on any atom is -0.399 e. The van der Waals surface area contributed by atoms with Crippen LogP contribution in [0.25, 0.3) is 11.0 Å². The number of H-pyrrole nitrogens is 1. The summed E-state index contributed by atoms with van der Waals surface area (Å²) in [5, 5.41) is 0. The minimum absolute atomic E-state index is 0.756. The summed E-state index contributed by atoms with van der Waals surface area (Å²) in [5.74, 6) is 0.901. The molecule has 0 saturated heterocycles. The molecule has 0 atom stereocenters. The van der Waals surface area contributed by atoms with Crippen molar-refractivity contribution < 1.29 is 0 Å². The predicted molar refractivity (Wildman–Crippen MR) is 82.3 cm³/mol. The van der Waals surface area contributed by atoms with E-state index in [-0.39, 0.29) is 0 Å². The van der Waals surface area contributed by atoms with Crippen molar-refractivity contribution in [2.24, 2.45) is 0 Å². The maximum Gasteiger partial charge on any atom is 0.208 e. The number of aromatic amines is 1. The topological polar surface area (TPSA) is 57.9 Å². The molecule has 20 heavy (non-hydrogen) atoms. The molecule has 0 saturated carbocycles. The van der Waals surface area contributed by atoms with E-state index < -0.39 is 0 Å². The average molecular weight is 264 g/mol. The van der Waals surface area contributed by atoms with E-state index in [0.717, 1.165) is 42.1 Å². The monoisotopic (exact) mass is 264 g/mol. The summed E-state index contributed by atoms with van der Waals surface area (Å²) in [7, 11) is 0. The van der Waals surface area contributed by atoms with Gasteiger partial charge in [-0.3, -0.25) is 0 Å². The molecule has 1 aliphatic heterocycles. The Kier molecular flexibility index (Phi) is 2.42. The summed E-state index contributed by atoms with van der Waals surface area (Å²) >= 11 is 0. The number of nitrogens with one attached hydrogen (secondary N) is 1. The quantitative estimate of drug-likeness (QED) is 0.663. The smallest absolute Gasteiger partial charge is 0.208 e. The number of benzene rings is 2. The van der Waals surface area contributed by atoms with Crippen LogP contribution in [-0.4, -0.2) is 16.5 Å². The number of fused-ring (bicyclic) bond motifs is 2. The van der Waals surface area contributed by atoms with E-state index in [4.69, 9.17) is 10.7 Å². The van der Waals surface area contributed by atoms with Gasteiger partial charge in [0.15, 0.2) is 0 Å². The molecule has 4 nitrogen and oxygen atoms in total. The molecular formula is C16H16N4. The van der Waals surface area contributed by atoms with Crippen molar-refractivity contribution in [2.75, 3.05) is 17.2 Å². The second-order valence-electron chi connectivity index (χ2n) is 5.22. The lowest BCUT2D eigenvalue weighted by Gasteiger charge is -2.28. The summed E-state index contributed by atoms with van der Waals surface area (Å²) in [6.45, 7) is 0.992. The van der Waals surface area contributed by atoms with E-state index in [1.165, 1.54) is 11.3 Å². The number of nitrogen functional groups attached to an aromatic ring is 1. The van der Waals surface area contributed by atoms with Gasteiger partial charge in [0.25, 0.3) is 0 Å². The number of imidazole rings is 1. The first-order chi connectivity index (χ1) is 9.81. The van der Waals surface area contributed by atoms with Crippen LogP contribution in [0.5, 0.6) is 0 Å². The second-order valence-corrected chi connectivity index (χ2v) is 5.22. The zero-order valence-electron chi connectivity index (χ0n) is 11.1. The van der Waals surface area contributed by atoms with Crippen LogP contribution in [0, 0.1) is 0 Å². The Bertz CT molecular complexity index is 775. The Hall–Kier alpha value is -2.49. The summed E-state index contributed by atoms with van der Waals surface area (Å²) < 4.78 is 0. The Morgan fingerprint density at radius 3 is 3.00 bits per heavy atom. The van der Waals surface area contributed by atoms with E-state index in [1.807, 2.05) is 18.2 Å². The van der Waals surface area contributed by atoms with Crippen molar-refractivity contribution in [3.8, 4) is 0 Å². The molecule has 2 aromatic carbocycles. The third-order valence-corrected chi connectivity index (χ3v) is 3.86. The fraction of sp³-hybridized carbons (Fsp3) is 0.188. The molecular weight excluding hydrogens is 248 g/mol. The van der Waals surface area contributed by atoms with Crippen molar-refractivity contribution >= 4 is 28.4 Å². The van der Waals surface area contributed by atoms with Crippen molar-refractivity contribution in [1.29, 1.82) is 0 Å². The fourth-order valence-electron chi connectivity index (χ4n) is 2.90. The Labute approximate surface area is 117 Å². The predicted octanol–water partition coefficient (Wildman–Crippen LogP) is 3.23. The molecule has 0 spiro atoms. The first-order valence-corrected chi connectivity index (χ1v) is 6.92. The molecule has 1 aromatic heterocycles. The molecule has 0 aliphatic carbocycles. The van der Waals surface area contributed by atoms with Gasteiger partial charge < -0.3 is 15.6 Å². The van der Waals surface area contributed by atoms with Crippen LogP contribution in [0.4, 0.5) is 17.3 Å². The molecule has 4 rings (SSSR count). The van der Waals surface area contributed by atoms with Gasteiger partial charge in [0.05, 0.1) is 11.0 Å². The highest BCUT2D eigenvalue weighted by molar-refractivity contribution is 5.82. The third-order valence-electron chi connectivity index (χ3n) is 3.86. The van der Waals surface area contributed by atoms with Gasteiger partial charge in [0.1, 0.15) is 0 Å². The highest BCUT2D eigenvalue weighted by Gasteiger charge is 2.20. The number of hydrogen-bond donors (Lipinski definition) is 2. The summed E-state index contributed by atoms with van der Waals surface area (Å²) in [4.78, 5) is 10.3. The van der Waals surface area contributed by atoms with Crippen LogP contribution in [0.2, 0.25) is 0 Å². The van der Waals surface area contributed by atoms with Crippen LogP contribution in [-0.2, 0) is 6.42 Å². The van der Waals surface area contributed by atoms with Gasteiger partial charge in [-0.25, -0.2) is 4.98 Å². The van der Waals surface area contributed by atoms with Crippen LogP contribution in [0.15, 0.2) is 42.5 Å². The molecule has 0 amide bonds. The van der Waals surface area contributed by atoms with Crippen LogP contribution < -0.4 is 10.6 Å². The van der Waals surface area contributed by atoms with Crippen LogP contribution in [0.3, 0.4) is 0 Å². The van der Waals surface area contributed by atoms with E-state index in [2.05, 4.69) is 34.1 Å². The lowest BCUT2D eigenvalue weighted by molar-refractivity contribution is 0.755. The molecule has 3 N–H and O–H groups in total. The minimum atomic E-state index is 0.756. The number of rotatable bonds is 1. The van der Waals surface area contributed by atoms with Gasteiger partial charge >= 0.3 is 0 Å². The summed E-state index contributed by atoms with van der Waals surface area (Å²) in [5.41, 5.74) is 11.2. The Morgan fingerprint density at radius 2 is 2.05 bits per heavy atom. The first kappa shape index (κ1) is 11.3. The van der Waals surface area contributed by atoms with E-state index in [0.29, 0.717) is 0 Å². The molecule has 4 heteroatoms. The zero-order valence-corrected chi connectivity index (χ0v) is 11.1. The van der Waals surface area contributed by atoms with E-state index >= 15 is 0 Å². The van der Waals surface area contributed by atoms with Crippen molar-refractivity contribution in [2.45, 2.75) is 12.8 Å². The second kappa shape index (κ2) is 4.27. The lowest BCUT2D eigenvalue weighted by atomic mass is 10.0. The molecule has 0 bridgehead atoms. The van der Waals surface area contributed by atoms with E-state index in [1.54, 1.807) is 0 Å². The highest BCUT2D eigenvalue weighted by atomic mass is 15.3. The molecule has 0 unspecified atom stereocenters. The van der Waals surface area contributed by atoms with Gasteiger partial charge in [-0.1, -0.05) is 18.2 Å². The molecule has 3 aromatic rings. The number of nitrogens with zero attached hydrogens (tertiary/aromatic N) is 2. The van der Waals surface area contributed by atoms with Gasteiger partial charge in [-0.05, 0) is 42.7 Å². The van der Waals surface area contributed by atoms with Crippen LogP contribution >= 0.6 is 0 Å².